The Labute approximate surface area is 359 Å². The van der Waals surface area contributed by atoms with Crippen molar-refractivity contribution in [2.45, 2.75) is 77.5 Å². The molecule has 4 N–H and O–H groups in total. The number of hydrogen-bond donors (Lipinski definition) is 4. The number of nitrogens with zero attached hydrogens (tertiary/aromatic N) is 6. The van der Waals surface area contributed by atoms with Crippen molar-refractivity contribution in [3.05, 3.63) is 85.0 Å². The molecule has 6 heterocycles. The van der Waals surface area contributed by atoms with Crippen molar-refractivity contribution >= 4 is 45.8 Å². The number of ether oxygens (including phenoxy) is 2. The largest absolute Gasteiger partial charge is 0.453 e. The van der Waals surface area contributed by atoms with E-state index in [1.165, 1.54) is 14.2 Å². The molecule has 4 atom stereocenters. The number of pyridine rings is 2. The predicted molar refractivity (Wildman–Crippen MR) is 233 cm³/mol. The van der Waals surface area contributed by atoms with E-state index in [0.29, 0.717) is 24.7 Å². The second-order valence-electron chi connectivity index (χ2n) is 16.6. The molecule has 16 nitrogen and oxygen atoms in total. The Morgan fingerprint density at radius 1 is 0.613 bits per heavy atom. The molecular weight excluding hydrogens is 789 g/mol. The van der Waals surface area contributed by atoms with E-state index in [4.69, 9.17) is 29.4 Å². The van der Waals surface area contributed by atoms with Crippen LogP contribution in [0.15, 0.2) is 73.3 Å². The third-order valence-electron chi connectivity index (χ3n) is 12.1. The van der Waals surface area contributed by atoms with Crippen LogP contribution in [0.3, 0.4) is 0 Å². The summed E-state index contributed by atoms with van der Waals surface area (Å²) in [5, 5.41) is 7.31. The van der Waals surface area contributed by atoms with Gasteiger partial charge in [-0.2, -0.15) is 0 Å². The summed E-state index contributed by atoms with van der Waals surface area (Å²) >= 11 is 0. The fourth-order valence-corrected chi connectivity index (χ4v) is 8.92. The molecule has 0 unspecified atom stereocenters. The van der Waals surface area contributed by atoms with Crippen molar-refractivity contribution < 1.29 is 28.7 Å². The zero-order valence-corrected chi connectivity index (χ0v) is 35.8. The molecule has 6 aromatic rings. The van der Waals surface area contributed by atoms with E-state index in [9.17, 15) is 19.2 Å². The van der Waals surface area contributed by atoms with Gasteiger partial charge in [0.2, 0.25) is 11.8 Å². The van der Waals surface area contributed by atoms with Gasteiger partial charge < -0.3 is 39.9 Å². The summed E-state index contributed by atoms with van der Waals surface area (Å²) in [6, 6.07) is 14.3. The number of H-pyrrole nitrogens is 2. The number of nitrogens with one attached hydrogen (secondary N) is 4. The SMILES string of the molecule is COC(=O)N[C@H](C(=O)N1CCC[C@H]1c1ncc(-c2ccc(-c3ccc(-c4cnc([C@@H]5CCCN5C(=O)[C@@H](NC(=O)OC)C(C)C)[nH]4)c4ncccc34)c3cccnc23)[nH]1)C(C)C. The number of aromatic nitrogens is 6. The van der Waals surface area contributed by atoms with Crippen LogP contribution in [0.1, 0.15) is 77.1 Å². The number of amides is 4. The second-order valence-corrected chi connectivity index (χ2v) is 16.6. The van der Waals surface area contributed by atoms with Crippen LogP contribution < -0.4 is 10.6 Å². The smallest absolute Gasteiger partial charge is 0.407 e. The fourth-order valence-electron chi connectivity index (χ4n) is 8.92. The van der Waals surface area contributed by atoms with E-state index in [1.807, 2.05) is 52.0 Å². The maximum Gasteiger partial charge on any atom is 0.407 e. The Morgan fingerprint density at radius 3 is 1.40 bits per heavy atom. The molecule has 0 spiro atoms. The summed E-state index contributed by atoms with van der Waals surface area (Å²) in [6.07, 6.45) is 8.97. The number of hydrogen-bond acceptors (Lipinski definition) is 10. The number of imidazole rings is 2. The van der Waals surface area contributed by atoms with Gasteiger partial charge in [-0.25, -0.2) is 19.6 Å². The molecular formula is C46H52N10O6. The van der Waals surface area contributed by atoms with Crippen LogP contribution in [0.5, 0.6) is 0 Å². The average molecular weight is 841 g/mol. The molecule has 16 heteroatoms. The molecule has 2 aliphatic rings. The standard InChI is InChI=1S/C46H52N10O6/c1-25(2)37(53-45(59)61-5)43(57)55-21-9-13-35(55)41-49-23-33(51-41)31-17-15-27(29-11-7-19-47-39(29)31)28-16-18-32(40-30(28)12-8-20-48-40)34-24-50-42(52-34)36-14-10-22-56(36)44(58)38(26(3)4)54-46(60)62-6/h7-8,11-12,15-20,23-26,35-38H,9-10,13-14,21-22H2,1-6H3,(H,49,51)(H,50,52)(H,53,59)(H,54,60)/t35-,36-,37-,38-/m0/s1. The summed E-state index contributed by atoms with van der Waals surface area (Å²) in [4.78, 5) is 81.6. The average Bonchev–Trinajstić information content (AvgIpc) is 4.13. The topological polar surface area (TPSA) is 200 Å². The van der Waals surface area contributed by atoms with Gasteiger partial charge in [0, 0.05) is 47.4 Å². The number of carbonyl (C=O) groups is 4. The van der Waals surface area contributed by atoms with E-state index >= 15 is 0 Å². The van der Waals surface area contributed by atoms with Crippen LogP contribution in [0.25, 0.3) is 55.4 Å². The Kier molecular flexibility index (Phi) is 11.9. The molecule has 62 heavy (non-hydrogen) atoms. The van der Waals surface area contributed by atoms with E-state index in [1.54, 1.807) is 34.6 Å². The molecule has 2 saturated heterocycles. The molecule has 2 fully saturated rings. The lowest BCUT2D eigenvalue weighted by Crippen LogP contribution is -2.51. The second kappa shape index (κ2) is 17.6. The highest BCUT2D eigenvalue weighted by molar-refractivity contribution is 6.09. The molecule has 2 aromatic carbocycles. The first-order valence-electron chi connectivity index (χ1n) is 21.1. The normalized spacial score (nSPS) is 17.5. The van der Waals surface area contributed by atoms with Crippen LogP contribution >= 0.6 is 0 Å². The first-order chi connectivity index (χ1) is 30.0. The summed E-state index contributed by atoms with van der Waals surface area (Å²) in [5.74, 6) is 0.752. The van der Waals surface area contributed by atoms with E-state index in [-0.39, 0.29) is 35.7 Å². The number of likely N-dealkylation sites (tertiary alicyclic amines) is 2. The van der Waals surface area contributed by atoms with Crippen molar-refractivity contribution in [1.29, 1.82) is 0 Å². The molecule has 8 rings (SSSR count). The summed E-state index contributed by atoms with van der Waals surface area (Å²) in [6.45, 7) is 8.71. The highest BCUT2D eigenvalue weighted by Crippen LogP contribution is 2.41. The van der Waals surface area contributed by atoms with E-state index in [0.717, 1.165) is 81.1 Å². The van der Waals surface area contributed by atoms with Gasteiger partial charge in [-0.1, -0.05) is 52.0 Å². The minimum absolute atomic E-state index is 0.136. The van der Waals surface area contributed by atoms with Gasteiger partial charge in [0.25, 0.3) is 0 Å². The summed E-state index contributed by atoms with van der Waals surface area (Å²) in [7, 11) is 2.57. The number of carbonyl (C=O) groups excluding carboxylic acids is 4. The number of benzene rings is 2. The Balaban J connectivity index is 1.08. The third kappa shape index (κ3) is 7.92. The lowest BCUT2D eigenvalue weighted by molar-refractivity contribution is -0.136. The zero-order valence-electron chi connectivity index (χ0n) is 35.8. The fraction of sp³-hybridized carbons (Fsp3) is 0.391. The Hall–Kier alpha value is -6.84. The molecule has 4 aromatic heterocycles. The van der Waals surface area contributed by atoms with Crippen LogP contribution in [0.4, 0.5) is 9.59 Å². The zero-order chi connectivity index (χ0) is 43.7. The molecule has 0 radical (unpaired) electrons. The quantitative estimate of drug-likeness (QED) is 0.102. The molecule has 0 aliphatic carbocycles. The highest BCUT2D eigenvalue weighted by atomic mass is 16.5. The minimum atomic E-state index is -0.725. The van der Waals surface area contributed by atoms with Crippen LogP contribution in [-0.4, -0.2) is 103 Å². The first kappa shape index (κ1) is 41.9. The molecule has 322 valence electrons. The van der Waals surface area contributed by atoms with Gasteiger partial charge in [-0.05, 0) is 72.9 Å². The van der Waals surface area contributed by atoms with Gasteiger partial charge in [-0.15, -0.1) is 0 Å². The number of aromatic amines is 2. The summed E-state index contributed by atoms with van der Waals surface area (Å²) < 4.78 is 9.59. The first-order valence-corrected chi connectivity index (χ1v) is 21.1. The Morgan fingerprint density at radius 2 is 1.02 bits per heavy atom. The van der Waals surface area contributed by atoms with Gasteiger partial charge in [-0.3, -0.25) is 19.6 Å². The van der Waals surface area contributed by atoms with E-state index < -0.39 is 24.3 Å². The maximum atomic E-state index is 13.8. The number of alkyl carbamates (subject to hydrolysis) is 2. The van der Waals surface area contributed by atoms with Crippen molar-refractivity contribution in [3.8, 4) is 33.6 Å². The minimum Gasteiger partial charge on any atom is -0.453 e. The van der Waals surface area contributed by atoms with Crippen molar-refractivity contribution in [3.63, 3.8) is 0 Å². The Bertz CT molecular complexity index is 2460. The highest BCUT2D eigenvalue weighted by Gasteiger charge is 2.39. The van der Waals surface area contributed by atoms with E-state index in [2.05, 4.69) is 44.9 Å². The molecule has 0 bridgehead atoms. The van der Waals surface area contributed by atoms with Gasteiger partial charge >= 0.3 is 12.2 Å². The molecule has 4 amide bonds. The lowest BCUT2D eigenvalue weighted by atomic mass is 9.92. The van der Waals surface area contributed by atoms with Gasteiger partial charge in [0.1, 0.15) is 23.7 Å². The monoisotopic (exact) mass is 840 g/mol. The number of fused-ring (bicyclic) bond motifs is 2. The third-order valence-corrected chi connectivity index (χ3v) is 12.1. The maximum absolute atomic E-state index is 13.8. The van der Waals surface area contributed by atoms with Crippen LogP contribution in [0, 0.1) is 11.8 Å². The predicted octanol–water partition coefficient (Wildman–Crippen LogP) is 7.32. The van der Waals surface area contributed by atoms with Gasteiger partial charge in [0.15, 0.2) is 0 Å². The number of methoxy groups -OCH3 is 2. The number of rotatable bonds is 11. The lowest BCUT2D eigenvalue weighted by Gasteiger charge is -2.30. The van der Waals surface area contributed by atoms with Crippen LogP contribution in [0.2, 0.25) is 0 Å². The van der Waals surface area contributed by atoms with Crippen LogP contribution in [-0.2, 0) is 19.1 Å². The van der Waals surface area contributed by atoms with Crippen molar-refractivity contribution in [1.82, 2.24) is 50.3 Å². The molecule has 2 aliphatic heterocycles. The van der Waals surface area contributed by atoms with Gasteiger partial charge in [0.05, 0.1) is 61.1 Å². The molecule has 0 saturated carbocycles. The van der Waals surface area contributed by atoms with Crippen molar-refractivity contribution in [2.75, 3.05) is 27.3 Å². The van der Waals surface area contributed by atoms with Crippen molar-refractivity contribution in [2.24, 2.45) is 11.8 Å². The summed E-state index contributed by atoms with van der Waals surface area (Å²) in [5.41, 5.74) is 6.85.